The van der Waals surface area contributed by atoms with Gasteiger partial charge in [0.1, 0.15) is 0 Å². The number of rotatable bonds is 3. The average molecular weight is 376 g/mol. The third-order valence-corrected chi connectivity index (χ3v) is 6.82. The number of para-hydroxylation sites is 1. The molecule has 25 heavy (non-hydrogen) atoms. The minimum atomic E-state index is -3.69. The molecule has 0 bridgehead atoms. The molecule has 0 atom stereocenters. The highest BCUT2D eigenvalue weighted by Crippen LogP contribution is 2.35. The number of aromatic amines is 1. The summed E-state index contributed by atoms with van der Waals surface area (Å²) >= 11 is 6.13. The number of piperazine rings is 1. The second-order valence-corrected chi connectivity index (χ2v) is 8.32. The number of halogens is 1. The molecular weight excluding hydrogens is 358 g/mol. The number of anilines is 1. The van der Waals surface area contributed by atoms with Crippen molar-refractivity contribution < 1.29 is 8.42 Å². The number of sulfone groups is 1. The largest absolute Gasteiger partial charge is 0.367 e. The minimum absolute atomic E-state index is 0.130. The van der Waals surface area contributed by atoms with Crippen LogP contribution in [-0.2, 0) is 9.84 Å². The highest BCUT2D eigenvalue weighted by Gasteiger charge is 2.25. The molecule has 1 fully saturated rings. The molecular formula is C18H18ClN3O2S. The second kappa shape index (κ2) is 6.37. The Hall–Kier alpha value is -2.02. The predicted molar refractivity (Wildman–Crippen MR) is 100 cm³/mol. The maximum absolute atomic E-state index is 13.1. The number of hydrogen-bond acceptors (Lipinski definition) is 4. The summed E-state index contributed by atoms with van der Waals surface area (Å²) in [7, 11) is -3.69. The number of nitrogens with one attached hydrogen (secondary N) is 2. The lowest BCUT2D eigenvalue weighted by Crippen LogP contribution is -2.43. The normalized spacial score (nSPS) is 15.6. The van der Waals surface area contributed by atoms with Crippen molar-refractivity contribution in [2.45, 2.75) is 9.79 Å². The first-order valence-electron chi connectivity index (χ1n) is 8.14. The standard InChI is InChI=1S/C18H18ClN3O2S/c19-14-5-1-2-7-16(14)25(23,24)17-12-21-18-13(17)4-3-6-15(18)22-10-8-20-9-11-22/h1-7,12,20-21H,8-11H2. The van der Waals surface area contributed by atoms with Gasteiger partial charge < -0.3 is 15.2 Å². The molecule has 130 valence electrons. The molecule has 1 aromatic heterocycles. The Bertz CT molecular complexity index is 1020. The lowest BCUT2D eigenvalue weighted by Gasteiger charge is -2.29. The van der Waals surface area contributed by atoms with Crippen molar-refractivity contribution in [1.82, 2.24) is 10.3 Å². The number of benzene rings is 2. The van der Waals surface area contributed by atoms with E-state index in [1.54, 1.807) is 24.4 Å². The van der Waals surface area contributed by atoms with Gasteiger partial charge in [-0.2, -0.15) is 0 Å². The third-order valence-electron chi connectivity index (χ3n) is 4.53. The lowest BCUT2D eigenvalue weighted by atomic mass is 10.2. The van der Waals surface area contributed by atoms with Crippen LogP contribution < -0.4 is 10.2 Å². The quantitative estimate of drug-likeness (QED) is 0.738. The van der Waals surface area contributed by atoms with Gasteiger partial charge in [-0.25, -0.2) is 8.42 Å². The van der Waals surface area contributed by atoms with E-state index in [0.717, 1.165) is 37.4 Å². The number of fused-ring (bicyclic) bond motifs is 1. The van der Waals surface area contributed by atoms with Crippen molar-refractivity contribution in [3.8, 4) is 0 Å². The maximum Gasteiger partial charge on any atom is 0.210 e. The number of hydrogen-bond donors (Lipinski definition) is 2. The molecule has 2 heterocycles. The highest BCUT2D eigenvalue weighted by molar-refractivity contribution is 7.91. The molecule has 0 aliphatic carbocycles. The molecule has 2 aromatic carbocycles. The zero-order chi connectivity index (χ0) is 17.4. The van der Waals surface area contributed by atoms with E-state index < -0.39 is 9.84 Å². The highest BCUT2D eigenvalue weighted by atomic mass is 35.5. The molecule has 1 aliphatic rings. The van der Waals surface area contributed by atoms with Crippen molar-refractivity contribution >= 4 is 38.0 Å². The van der Waals surface area contributed by atoms with E-state index in [1.807, 2.05) is 18.2 Å². The Morgan fingerprint density at radius 3 is 2.48 bits per heavy atom. The summed E-state index contributed by atoms with van der Waals surface area (Å²) in [6.07, 6.45) is 1.56. The van der Waals surface area contributed by atoms with Crippen LogP contribution in [0.15, 0.2) is 58.5 Å². The van der Waals surface area contributed by atoms with Gasteiger partial charge in [0.15, 0.2) is 0 Å². The zero-order valence-electron chi connectivity index (χ0n) is 13.5. The van der Waals surface area contributed by atoms with E-state index in [9.17, 15) is 8.42 Å². The van der Waals surface area contributed by atoms with Gasteiger partial charge in [-0.05, 0) is 18.2 Å². The van der Waals surface area contributed by atoms with E-state index in [2.05, 4.69) is 15.2 Å². The molecule has 3 aromatic rings. The van der Waals surface area contributed by atoms with Crippen LogP contribution in [0.4, 0.5) is 5.69 Å². The van der Waals surface area contributed by atoms with Crippen LogP contribution >= 0.6 is 11.6 Å². The number of aromatic nitrogens is 1. The molecule has 4 rings (SSSR count). The fourth-order valence-electron chi connectivity index (χ4n) is 3.29. The molecule has 0 saturated carbocycles. The van der Waals surface area contributed by atoms with E-state index in [0.29, 0.717) is 5.39 Å². The van der Waals surface area contributed by atoms with Crippen LogP contribution in [0.2, 0.25) is 5.02 Å². The average Bonchev–Trinajstić information content (AvgIpc) is 3.07. The van der Waals surface area contributed by atoms with Crippen molar-refractivity contribution in [3.05, 3.63) is 53.7 Å². The van der Waals surface area contributed by atoms with Crippen molar-refractivity contribution in [1.29, 1.82) is 0 Å². The Morgan fingerprint density at radius 2 is 1.72 bits per heavy atom. The minimum Gasteiger partial charge on any atom is -0.367 e. The lowest BCUT2D eigenvalue weighted by molar-refractivity contribution is 0.590. The van der Waals surface area contributed by atoms with Crippen LogP contribution in [0.3, 0.4) is 0 Å². The molecule has 1 saturated heterocycles. The molecule has 2 N–H and O–H groups in total. The van der Waals surface area contributed by atoms with Gasteiger partial charge in [0, 0.05) is 37.8 Å². The SMILES string of the molecule is O=S(=O)(c1ccccc1Cl)c1c[nH]c2c(N3CCNCC3)cccc12. The van der Waals surface area contributed by atoms with E-state index in [-0.39, 0.29) is 14.8 Å². The Morgan fingerprint density at radius 1 is 0.960 bits per heavy atom. The van der Waals surface area contributed by atoms with E-state index >= 15 is 0 Å². The molecule has 1 aliphatic heterocycles. The van der Waals surface area contributed by atoms with Crippen LogP contribution in [0.1, 0.15) is 0 Å². The number of nitrogens with zero attached hydrogens (tertiary/aromatic N) is 1. The Balaban J connectivity index is 1.86. The fraction of sp³-hybridized carbons (Fsp3) is 0.222. The van der Waals surface area contributed by atoms with Crippen molar-refractivity contribution in [3.63, 3.8) is 0 Å². The molecule has 0 spiro atoms. The first-order chi connectivity index (χ1) is 12.1. The zero-order valence-corrected chi connectivity index (χ0v) is 15.1. The van der Waals surface area contributed by atoms with Crippen LogP contribution in [-0.4, -0.2) is 39.6 Å². The molecule has 0 amide bonds. The summed E-state index contributed by atoms with van der Waals surface area (Å²) in [5.41, 5.74) is 1.87. The Kier molecular flexibility index (Phi) is 4.19. The van der Waals surface area contributed by atoms with Gasteiger partial charge in [-0.1, -0.05) is 35.9 Å². The number of H-pyrrole nitrogens is 1. The van der Waals surface area contributed by atoms with Gasteiger partial charge in [0.2, 0.25) is 9.84 Å². The molecule has 0 radical (unpaired) electrons. The van der Waals surface area contributed by atoms with E-state index in [4.69, 9.17) is 11.6 Å². The smallest absolute Gasteiger partial charge is 0.210 e. The van der Waals surface area contributed by atoms with Crippen LogP contribution in [0, 0.1) is 0 Å². The first kappa shape index (κ1) is 16.4. The van der Waals surface area contributed by atoms with Crippen LogP contribution in [0.5, 0.6) is 0 Å². The van der Waals surface area contributed by atoms with Gasteiger partial charge in [-0.3, -0.25) is 0 Å². The van der Waals surface area contributed by atoms with Crippen LogP contribution in [0.25, 0.3) is 10.9 Å². The molecule has 5 nitrogen and oxygen atoms in total. The topological polar surface area (TPSA) is 65.2 Å². The first-order valence-corrected chi connectivity index (χ1v) is 10.0. The Labute approximate surface area is 151 Å². The fourth-order valence-corrected chi connectivity index (χ4v) is 5.22. The summed E-state index contributed by atoms with van der Waals surface area (Å²) in [6, 6.07) is 12.3. The molecule has 7 heteroatoms. The van der Waals surface area contributed by atoms with E-state index in [1.165, 1.54) is 6.07 Å². The summed E-state index contributed by atoms with van der Waals surface area (Å²) in [6.45, 7) is 3.62. The molecule has 0 unspecified atom stereocenters. The summed E-state index contributed by atoms with van der Waals surface area (Å²) < 4.78 is 26.2. The third kappa shape index (κ3) is 2.80. The van der Waals surface area contributed by atoms with Gasteiger partial charge in [-0.15, -0.1) is 0 Å². The summed E-state index contributed by atoms with van der Waals surface area (Å²) in [5, 5.41) is 4.25. The van der Waals surface area contributed by atoms with Gasteiger partial charge >= 0.3 is 0 Å². The monoisotopic (exact) mass is 375 g/mol. The predicted octanol–water partition coefficient (Wildman–Crippen LogP) is 3.06. The summed E-state index contributed by atoms with van der Waals surface area (Å²) in [4.78, 5) is 5.82. The second-order valence-electron chi connectivity index (χ2n) is 6.02. The van der Waals surface area contributed by atoms with Gasteiger partial charge in [0.05, 0.1) is 26.0 Å². The maximum atomic E-state index is 13.1. The summed E-state index contributed by atoms with van der Waals surface area (Å²) in [5.74, 6) is 0. The van der Waals surface area contributed by atoms with Crippen molar-refractivity contribution in [2.75, 3.05) is 31.1 Å². The van der Waals surface area contributed by atoms with Crippen molar-refractivity contribution in [2.24, 2.45) is 0 Å². The van der Waals surface area contributed by atoms with Gasteiger partial charge in [0.25, 0.3) is 0 Å².